The third-order valence-corrected chi connectivity index (χ3v) is 7.39. The van der Waals surface area contributed by atoms with E-state index in [1.165, 1.54) is 0 Å². The van der Waals surface area contributed by atoms with Gasteiger partial charge in [-0.1, -0.05) is 0 Å². The molecule has 0 spiro atoms. The fraction of sp³-hybridized carbons (Fsp3) is 0.316. The van der Waals surface area contributed by atoms with E-state index in [1.807, 2.05) is 10.5 Å². The number of benzene rings is 1. The highest BCUT2D eigenvalue weighted by molar-refractivity contribution is 7.91. The fourth-order valence-electron chi connectivity index (χ4n) is 4.24. The highest BCUT2D eigenvalue weighted by atomic mass is 32.2. The van der Waals surface area contributed by atoms with Crippen LogP contribution in [0.25, 0.3) is 16.8 Å². The first-order chi connectivity index (χ1) is 13.9. The van der Waals surface area contributed by atoms with Crippen LogP contribution in [0, 0.1) is 17.6 Å². The van der Waals surface area contributed by atoms with Crippen molar-refractivity contribution < 1.29 is 17.2 Å². The second kappa shape index (κ2) is 6.58. The van der Waals surface area contributed by atoms with Gasteiger partial charge in [-0.15, -0.1) is 10.2 Å². The third kappa shape index (κ3) is 3.17. The summed E-state index contributed by atoms with van der Waals surface area (Å²) >= 11 is 0. The van der Waals surface area contributed by atoms with Gasteiger partial charge >= 0.3 is 0 Å². The van der Waals surface area contributed by atoms with Crippen LogP contribution >= 0.6 is 0 Å². The minimum atomic E-state index is -3.79. The zero-order valence-corrected chi connectivity index (χ0v) is 16.0. The van der Waals surface area contributed by atoms with Crippen LogP contribution < -0.4 is 0 Å². The van der Waals surface area contributed by atoms with E-state index in [0.717, 1.165) is 35.5 Å². The summed E-state index contributed by atoms with van der Waals surface area (Å²) in [5.41, 5.74) is 2.23. The molecule has 1 aromatic carbocycles. The highest BCUT2D eigenvalue weighted by Gasteiger charge is 2.33. The molecule has 3 aromatic heterocycles. The highest BCUT2D eigenvalue weighted by Crippen LogP contribution is 2.39. The lowest BCUT2D eigenvalue weighted by Crippen LogP contribution is -2.15. The molecule has 3 heterocycles. The number of aromatic amines is 1. The van der Waals surface area contributed by atoms with E-state index >= 15 is 0 Å². The Morgan fingerprint density at radius 3 is 2.72 bits per heavy atom. The molecule has 1 aliphatic rings. The Hall–Kier alpha value is -2.88. The zero-order chi connectivity index (χ0) is 20.2. The van der Waals surface area contributed by atoms with E-state index in [9.17, 15) is 17.2 Å². The Labute approximate surface area is 164 Å². The van der Waals surface area contributed by atoms with Gasteiger partial charge in [-0.2, -0.15) is 0 Å². The van der Waals surface area contributed by atoms with Crippen molar-refractivity contribution in [3.8, 4) is 0 Å². The molecule has 0 aliphatic heterocycles. The summed E-state index contributed by atoms with van der Waals surface area (Å²) in [6.07, 6.45) is 5.52. The van der Waals surface area contributed by atoms with Crippen LogP contribution in [0.1, 0.15) is 31.0 Å². The Balaban J connectivity index is 1.41. The van der Waals surface area contributed by atoms with Gasteiger partial charge < -0.3 is 4.98 Å². The van der Waals surface area contributed by atoms with E-state index in [0.29, 0.717) is 24.6 Å². The summed E-state index contributed by atoms with van der Waals surface area (Å²) < 4.78 is 54.1. The van der Waals surface area contributed by atoms with Crippen LogP contribution in [0.15, 0.2) is 41.6 Å². The quantitative estimate of drug-likeness (QED) is 0.550. The Kier molecular flexibility index (Phi) is 4.12. The number of aromatic nitrogens is 5. The second-order valence-electron chi connectivity index (χ2n) is 7.48. The normalized spacial score (nSPS) is 20.1. The first-order valence-corrected chi connectivity index (χ1v) is 10.9. The van der Waals surface area contributed by atoms with Gasteiger partial charge in [0.25, 0.3) is 0 Å². The summed E-state index contributed by atoms with van der Waals surface area (Å²) in [5.74, 6) is -1.23. The van der Waals surface area contributed by atoms with Crippen LogP contribution in [0.4, 0.5) is 8.78 Å². The molecule has 10 heteroatoms. The van der Waals surface area contributed by atoms with Gasteiger partial charge in [-0.25, -0.2) is 22.2 Å². The SMILES string of the molecule is O=S(=O)(C[C@H]1CC[C@@H](c2nnc3cnc4[nH]ccc4n23)C1)c1cc(F)cc(F)c1. The van der Waals surface area contributed by atoms with Crippen molar-refractivity contribution in [2.75, 3.05) is 5.75 Å². The van der Waals surface area contributed by atoms with Gasteiger partial charge in [-0.3, -0.25) is 4.40 Å². The smallest absolute Gasteiger partial charge is 0.179 e. The molecule has 0 unspecified atom stereocenters. The Morgan fingerprint density at radius 2 is 1.93 bits per heavy atom. The van der Waals surface area contributed by atoms with Crippen molar-refractivity contribution in [3.63, 3.8) is 0 Å². The third-order valence-electron chi connectivity index (χ3n) is 5.52. The number of rotatable bonds is 4. The molecule has 5 rings (SSSR count). The van der Waals surface area contributed by atoms with Crippen molar-refractivity contribution in [2.45, 2.75) is 30.1 Å². The maximum absolute atomic E-state index is 13.4. The summed E-state index contributed by atoms with van der Waals surface area (Å²) in [6, 6.07) is 4.30. The standard InChI is InChI=1S/C19H17F2N5O2S/c20-13-6-14(21)8-15(7-13)29(27,28)10-11-1-2-12(5-11)19-25-24-17-9-23-18-16(26(17)19)3-4-22-18/h3-4,6-9,11-12,22H,1-2,5,10H2/t11-,12+/m0/s1. The molecule has 0 radical (unpaired) electrons. The van der Waals surface area contributed by atoms with Crippen molar-refractivity contribution in [1.82, 2.24) is 24.6 Å². The van der Waals surface area contributed by atoms with Crippen molar-refractivity contribution in [1.29, 1.82) is 0 Å². The summed E-state index contributed by atoms with van der Waals surface area (Å²) in [7, 11) is -3.79. The van der Waals surface area contributed by atoms with Crippen LogP contribution in [0.5, 0.6) is 0 Å². The number of fused-ring (bicyclic) bond motifs is 3. The lowest BCUT2D eigenvalue weighted by atomic mass is 10.1. The van der Waals surface area contributed by atoms with Crippen molar-refractivity contribution >= 4 is 26.6 Å². The molecule has 4 aromatic rings. The molecule has 1 fully saturated rings. The lowest BCUT2D eigenvalue weighted by molar-refractivity contribution is 0.543. The summed E-state index contributed by atoms with van der Waals surface area (Å²) in [5, 5.41) is 8.52. The molecule has 0 bridgehead atoms. The van der Waals surface area contributed by atoms with Gasteiger partial charge in [0.2, 0.25) is 0 Å². The molecule has 0 amide bonds. The van der Waals surface area contributed by atoms with E-state index < -0.39 is 21.5 Å². The summed E-state index contributed by atoms with van der Waals surface area (Å²) in [6.45, 7) is 0. The molecule has 1 saturated carbocycles. The zero-order valence-electron chi connectivity index (χ0n) is 15.2. The average molecular weight is 417 g/mol. The molecule has 150 valence electrons. The molecule has 1 aliphatic carbocycles. The van der Waals surface area contributed by atoms with Crippen LogP contribution in [-0.2, 0) is 9.84 Å². The molecular formula is C19H17F2N5O2S. The predicted molar refractivity (Wildman–Crippen MR) is 101 cm³/mol. The molecular weight excluding hydrogens is 400 g/mol. The number of H-pyrrole nitrogens is 1. The number of hydrogen-bond acceptors (Lipinski definition) is 5. The number of nitrogens with one attached hydrogen (secondary N) is 1. The first-order valence-electron chi connectivity index (χ1n) is 9.27. The molecule has 1 N–H and O–H groups in total. The largest absolute Gasteiger partial charge is 0.345 e. The molecule has 29 heavy (non-hydrogen) atoms. The number of hydrogen-bond donors (Lipinski definition) is 1. The van der Waals surface area contributed by atoms with E-state index in [2.05, 4.69) is 20.2 Å². The summed E-state index contributed by atoms with van der Waals surface area (Å²) in [4.78, 5) is 7.05. The maximum Gasteiger partial charge on any atom is 0.179 e. The van der Waals surface area contributed by atoms with Gasteiger partial charge in [0.1, 0.15) is 17.5 Å². The molecule has 7 nitrogen and oxygen atoms in total. The number of nitrogens with zero attached hydrogens (tertiary/aromatic N) is 4. The first kappa shape index (κ1) is 18.2. The van der Waals surface area contributed by atoms with E-state index in [4.69, 9.17) is 0 Å². The maximum atomic E-state index is 13.4. The average Bonchev–Trinajstić information content (AvgIpc) is 3.38. The topological polar surface area (TPSA) is 93.0 Å². The Morgan fingerprint density at radius 1 is 1.14 bits per heavy atom. The van der Waals surface area contributed by atoms with E-state index in [1.54, 1.807) is 12.4 Å². The fourth-order valence-corrected chi connectivity index (χ4v) is 5.94. The minimum absolute atomic E-state index is 0.0509. The minimum Gasteiger partial charge on any atom is -0.345 e. The monoisotopic (exact) mass is 417 g/mol. The van der Waals surface area contributed by atoms with E-state index in [-0.39, 0.29) is 22.5 Å². The number of halogens is 2. The van der Waals surface area contributed by atoms with Crippen LogP contribution in [-0.4, -0.2) is 38.7 Å². The van der Waals surface area contributed by atoms with Gasteiger partial charge in [0, 0.05) is 18.2 Å². The van der Waals surface area contributed by atoms with Gasteiger partial charge in [0.05, 0.1) is 22.4 Å². The van der Waals surface area contributed by atoms with Gasteiger partial charge in [-0.05, 0) is 43.4 Å². The second-order valence-corrected chi connectivity index (χ2v) is 9.52. The molecule has 0 saturated heterocycles. The lowest BCUT2D eigenvalue weighted by Gasteiger charge is -2.12. The predicted octanol–water partition coefficient (Wildman–Crippen LogP) is 3.24. The van der Waals surface area contributed by atoms with Crippen LogP contribution in [0.2, 0.25) is 0 Å². The number of sulfone groups is 1. The van der Waals surface area contributed by atoms with Crippen molar-refractivity contribution in [3.05, 3.63) is 54.1 Å². The van der Waals surface area contributed by atoms with Crippen LogP contribution in [0.3, 0.4) is 0 Å². The van der Waals surface area contributed by atoms with Gasteiger partial charge in [0.15, 0.2) is 21.1 Å². The Bertz CT molecular complexity index is 1310. The molecule has 2 atom stereocenters. The van der Waals surface area contributed by atoms with Crippen molar-refractivity contribution in [2.24, 2.45) is 5.92 Å².